The van der Waals surface area contributed by atoms with E-state index in [1.165, 1.54) is 4.90 Å². The Hall–Kier alpha value is -1.11. The second kappa shape index (κ2) is 5.94. The second-order valence-electron chi connectivity index (χ2n) is 4.72. The van der Waals surface area contributed by atoms with Crippen LogP contribution in [0.1, 0.15) is 0 Å². The summed E-state index contributed by atoms with van der Waals surface area (Å²) in [6.07, 6.45) is 0. The highest BCUT2D eigenvalue weighted by molar-refractivity contribution is 7.22. The lowest BCUT2D eigenvalue weighted by Gasteiger charge is -2.34. The largest absolute Gasteiger partial charge is 0.345 e. The number of piperazine rings is 1. The Labute approximate surface area is 135 Å². The maximum absolute atomic E-state index is 12.8. The first-order chi connectivity index (χ1) is 10.0. The molecule has 2 aromatic rings. The molecular formula is C13H12Cl2FN3OS. The first-order valence-corrected chi connectivity index (χ1v) is 8.05. The van der Waals surface area contributed by atoms with Gasteiger partial charge in [-0.2, -0.15) is 0 Å². The molecule has 1 aliphatic heterocycles. The third-order valence-electron chi connectivity index (χ3n) is 3.39. The number of amides is 1. The van der Waals surface area contributed by atoms with Crippen LogP contribution in [0.2, 0.25) is 5.02 Å². The summed E-state index contributed by atoms with van der Waals surface area (Å²) in [4.78, 5) is 19.6. The van der Waals surface area contributed by atoms with Crippen molar-refractivity contribution in [2.75, 3.05) is 31.1 Å². The lowest BCUT2D eigenvalue weighted by Crippen LogP contribution is -2.50. The van der Waals surface area contributed by atoms with Gasteiger partial charge in [0, 0.05) is 31.2 Å². The number of anilines is 1. The molecule has 0 N–H and O–H groups in total. The highest BCUT2D eigenvalue weighted by Gasteiger charge is 2.26. The van der Waals surface area contributed by atoms with Crippen LogP contribution in [0, 0.1) is 0 Å². The van der Waals surface area contributed by atoms with Crippen molar-refractivity contribution in [1.82, 2.24) is 9.88 Å². The summed E-state index contributed by atoms with van der Waals surface area (Å²) in [6.45, 7) is 2.12. The van der Waals surface area contributed by atoms with Crippen molar-refractivity contribution >= 4 is 55.8 Å². The maximum Gasteiger partial charge on any atom is 0.272 e. The van der Waals surface area contributed by atoms with E-state index in [1.54, 1.807) is 11.3 Å². The summed E-state index contributed by atoms with van der Waals surface area (Å²) in [6, 6.07) is 5.59. The van der Waals surface area contributed by atoms with Crippen molar-refractivity contribution in [3.8, 4) is 0 Å². The van der Waals surface area contributed by atoms with E-state index in [4.69, 9.17) is 23.2 Å². The molecule has 0 radical (unpaired) electrons. The summed E-state index contributed by atoms with van der Waals surface area (Å²) in [5, 5.41) is 1.58. The van der Waals surface area contributed by atoms with Gasteiger partial charge in [-0.1, -0.05) is 34.5 Å². The molecule has 1 fully saturated rings. The SMILES string of the molecule is O=C(C(F)Cl)N1CCN(c2nc3ccc(Cl)cc3s2)CC1. The summed E-state index contributed by atoms with van der Waals surface area (Å²) < 4.78 is 13.8. The average molecular weight is 348 g/mol. The minimum atomic E-state index is -1.96. The molecule has 0 aliphatic carbocycles. The fourth-order valence-corrected chi connectivity index (χ4v) is 3.71. The zero-order valence-corrected chi connectivity index (χ0v) is 13.3. The van der Waals surface area contributed by atoms with Gasteiger partial charge in [-0.05, 0) is 18.2 Å². The standard InChI is InChI=1S/C13H12Cl2FN3OS/c14-8-1-2-9-10(7-8)21-13(17-9)19-5-3-18(4-6-19)12(20)11(15)16/h1-2,7,11H,3-6H2. The van der Waals surface area contributed by atoms with Crippen LogP contribution < -0.4 is 4.90 Å². The molecule has 21 heavy (non-hydrogen) atoms. The molecule has 4 nitrogen and oxygen atoms in total. The van der Waals surface area contributed by atoms with Gasteiger partial charge in [0.05, 0.1) is 10.2 Å². The predicted octanol–water partition coefficient (Wildman–Crippen LogP) is 3.13. The van der Waals surface area contributed by atoms with Crippen LogP contribution in [0.25, 0.3) is 10.2 Å². The molecular weight excluding hydrogens is 336 g/mol. The van der Waals surface area contributed by atoms with E-state index in [9.17, 15) is 9.18 Å². The van der Waals surface area contributed by atoms with Crippen LogP contribution in [0.3, 0.4) is 0 Å². The number of hydrogen-bond donors (Lipinski definition) is 0. The Morgan fingerprint density at radius 2 is 2.05 bits per heavy atom. The van der Waals surface area contributed by atoms with Crippen LogP contribution in [0.5, 0.6) is 0 Å². The van der Waals surface area contributed by atoms with Crippen LogP contribution in [-0.4, -0.2) is 47.6 Å². The number of thiazole rings is 1. The summed E-state index contributed by atoms with van der Waals surface area (Å²) in [7, 11) is 0. The van der Waals surface area contributed by atoms with E-state index < -0.39 is 11.5 Å². The molecule has 1 amide bonds. The van der Waals surface area contributed by atoms with Crippen molar-refractivity contribution in [2.24, 2.45) is 0 Å². The molecule has 8 heteroatoms. The molecule has 112 valence electrons. The Morgan fingerprint density at radius 1 is 1.33 bits per heavy atom. The lowest BCUT2D eigenvalue weighted by molar-refractivity contribution is -0.133. The van der Waals surface area contributed by atoms with Gasteiger partial charge in [0.2, 0.25) is 0 Å². The first kappa shape index (κ1) is 14.8. The topological polar surface area (TPSA) is 36.4 Å². The predicted molar refractivity (Wildman–Crippen MR) is 84.2 cm³/mol. The lowest BCUT2D eigenvalue weighted by atomic mass is 10.3. The number of nitrogens with zero attached hydrogens (tertiary/aromatic N) is 3. The van der Waals surface area contributed by atoms with Gasteiger partial charge in [0.15, 0.2) is 5.13 Å². The number of alkyl halides is 2. The van der Waals surface area contributed by atoms with Gasteiger partial charge in [-0.25, -0.2) is 9.37 Å². The van der Waals surface area contributed by atoms with Gasteiger partial charge < -0.3 is 9.80 Å². The highest BCUT2D eigenvalue weighted by atomic mass is 35.5. The van der Waals surface area contributed by atoms with E-state index in [0.717, 1.165) is 15.3 Å². The third-order valence-corrected chi connectivity index (χ3v) is 4.89. The smallest absolute Gasteiger partial charge is 0.272 e. The molecule has 1 aromatic carbocycles. The van der Waals surface area contributed by atoms with Crippen molar-refractivity contribution in [3.63, 3.8) is 0 Å². The number of carbonyl (C=O) groups excluding carboxylic acids is 1. The maximum atomic E-state index is 12.8. The molecule has 1 atom stereocenters. The average Bonchev–Trinajstić information content (AvgIpc) is 2.89. The zero-order chi connectivity index (χ0) is 15.0. The molecule has 0 spiro atoms. The molecule has 0 bridgehead atoms. The minimum absolute atomic E-state index is 0.447. The zero-order valence-electron chi connectivity index (χ0n) is 10.9. The normalized spacial score (nSPS) is 17.3. The van der Waals surface area contributed by atoms with Crippen LogP contribution in [0.15, 0.2) is 18.2 Å². The summed E-state index contributed by atoms with van der Waals surface area (Å²) in [5.74, 6) is -0.660. The number of carbonyl (C=O) groups is 1. The van der Waals surface area contributed by atoms with Crippen molar-refractivity contribution in [1.29, 1.82) is 0 Å². The Kier molecular flexibility index (Phi) is 4.19. The van der Waals surface area contributed by atoms with E-state index in [0.29, 0.717) is 31.2 Å². The van der Waals surface area contributed by atoms with Crippen LogP contribution in [-0.2, 0) is 4.79 Å². The Bertz CT molecular complexity index is 670. The fourth-order valence-electron chi connectivity index (χ4n) is 2.28. The molecule has 0 saturated carbocycles. The van der Waals surface area contributed by atoms with E-state index >= 15 is 0 Å². The molecule has 1 saturated heterocycles. The Morgan fingerprint density at radius 3 is 2.71 bits per heavy atom. The van der Waals surface area contributed by atoms with Gasteiger partial charge in [0.25, 0.3) is 11.5 Å². The van der Waals surface area contributed by atoms with Gasteiger partial charge in [-0.15, -0.1) is 0 Å². The van der Waals surface area contributed by atoms with E-state index in [2.05, 4.69) is 9.88 Å². The number of rotatable bonds is 2. The molecule has 1 unspecified atom stereocenters. The summed E-state index contributed by atoms with van der Waals surface area (Å²) in [5.41, 5.74) is -1.05. The first-order valence-electron chi connectivity index (χ1n) is 6.42. The number of halogens is 3. The van der Waals surface area contributed by atoms with Crippen molar-refractivity contribution < 1.29 is 9.18 Å². The Balaban J connectivity index is 1.72. The highest BCUT2D eigenvalue weighted by Crippen LogP contribution is 2.31. The number of benzene rings is 1. The van der Waals surface area contributed by atoms with Gasteiger partial charge in [-0.3, -0.25) is 4.79 Å². The van der Waals surface area contributed by atoms with Crippen molar-refractivity contribution in [2.45, 2.75) is 5.63 Å². The molecule has 3 rings (SSSR count). The van der Waals surface area contributed by atoms with Crippen molar-refractivity contribution in [3.05, 3.63) is 23.2 Å². The van der Waals surface area contributed by atoms with Crippen LogP contribution >= 0.6 is 34.5 Å². The van der Waals surface area contributed by atoms with E-state index in [1.807, 2.05) is 18.2 Å². The number of aromatic nitrogens is 1. The van der Waals surface area contributed by atoms with Gasteiger partial charge in [0.1, 0.15) is 0 Å². The van der Waals surface area contributed by atoms with Crippen LogP contribution in [0.4, 0.5) is 9.52 Å². The van der Waals surface area contributed by atoms with E-state index in [-0.39, 0.29) is 0 Å². The number of fused-ring (bicyclic) bond motifs is 1. The quantitative estimate of drug-likeness (QED) is 0.783. The molecule has 1 aromatic heterocycles. The number of hydrogen-bond acceptors (Lipinski definition) is 4. The van der Waals surface area contributed by atoms with Gasteiger partial charge >= 0.3 is 0 Å². The minimum Gasteiger partial charge on any atom is -0.345 e. The molecule has 2 heterocycles. The third kappa shape index (κ3) is 3.07. The second-order valence-corrected chi connectivity index (χ2v) is 6.55. The molecule has 1 aliphatic rings. The monoisotopic (exact) mass is 347 g/mol. The summed E-state index contributed by atoms with van der Waals surface area (Å²) >= 11 is 12.7. The fraction of sp³-hybridized carbons (Fsp3) is 0.385.